The molecule has 3 nitrogen and oxygen atoms in total. The highest BCUT2D eigenvalue weighted by Crippen LogP contribution is 2.28. The minimum atomic E-state index is -0.524. The summed E-state index contributed by atoms with van der Waals surface area (Å²) in [5, 5.41) is 2.94. The van der Waals surface area contributed by atoms with E-state index < -0.39 is 11.6 Å². The normalized spacial score (nSPS) is 10.2. The number of thiocarbonyl (C=S) groups is 1. The van der Waals surface area contributed by atoms with E-state index in [4.69, 9.17) is 22.7 Å². The highest BCUT2D eigenvalue weighted by atomic mass is 32.1. The highest BCUT2D eigenvalue weighted by molar-refractivity contribution is 7.80. The molecule has 0 saturated heterocycles. The third-order valence-electron chi connectivity index (χ3n) is 2.68. The molecular weight excluding hydrogens is 282 g/mol. The summed E-state index contributed by atoms with van der Waals surface area (Å²) in [5.74, 6) is -0.616. The first-order valence-corrected chi connectivity index (χ1v) is 6.12. The molecule has 0 unspecified atom stereocenters. The predicted octanol–water partition coefficient (Wildman–Crippen LogP) is 3.35. The van der Waals surface area contributed by atoms with Crippen molar-refractivity contribution in [2.75, 3.05) is 12.4 Å². The molecule has 0 aliphatic heterocycles. The Morgan fingerprint density at radius 2 is 1.95 bits per heavy atom. The lowest BCUT2D eigenvalue weighted by Gasteiger charge is -2.12. The van der Waals surface area contributed by atoms with Gasteiger partial charge in [0.25, 0.3) is 0 Å². The second kappa shape index (κ2) is 5.83. The van der Waals surface area contributed by atoms with Gasteiger partial charge in [-0.2, -0.15) is 0 Å². The fourth-order valence-corrected chi connectivity index (χ4v) is 1.88. The van der Waals surface area contributed by atoms with Crippen LogP contribution >= 0.6 is 12.2 Å². The summed E-state index contributed by atoms with van der Waals surface area (Å²) in [4.78, 5) is -0.00610. The first-order valence-electron chi connectivity index (χ1n) is 5.71. The third kappa shape index (κ3) is 3.03. The molecule has 0 fully saturated rings. The van der Waals surface area contributed by atoms with Gasteiger partial charge < -0.3 is 15.8 Å². The van der Waals surface area contributed by atoms with E-state index in [1.54, 1.807) is 6.07 Å². The minimum absolute atomic E-state index is 0.00610. The predicted molar refractivity (Wildman–Crippen MR) is 78.5 cm³/mol. The van der Waals surface area contributed by atoms with Crippen molar-refractivity contribution in [3.63, 3.8) is 0 Å². The van der Waals surface area contributed by atoms with Crippen LogP contribution in [-0.2, 0) is 0 Å². The molecule has 0 amide bonds. The molecule has 0 bridgehead atoms. The van der Waals surface area contributed by atoms with Crippen LogP contribution in [0.4, 0.5) is 20.2 Å². The van der Waals surface area contributed by atoms with Crippen LogP contribution in [0, 0.1) is 11.6 Å². The molecule has 0 spiro atoms. The molecule has 20 heavy (non-hydrogen) atoms. The van der Waals surface area contributed by atoms with Gasteiger partial charge in [0.2, 0.25) is 0 Å². The lowest BCUT2D eigenvalue weighted by molar-refractivity contribution is 0.413. The third-order valence-corrected chi connectivity index (χ3v) is 2.90. The minimum Gasteiger partial charge on any atom is -0.494 e. The van der Waals surface area contributed by atoms with Crippen LogP contribution in [0.5, 0.6) is 5.75 Å². The number of halogens is 2. The van der Waals surface area contributed by atoms with E-state index in [9.17, 15) is 8.78 Å². The Bertz CT molecular complexity index is 662. The van der Waals surface area contributed by atoms with Crippen LogP contribution in [0.2, 0.25) is 0 Å². The number of nitrogens with two attached hydrogens (primary N) is 1. The van der Waals surface area contributed by atoms with E-state index in [2.05, 4.69) is 5.32 Å². The van der Waals surface area contributed by atoms with Crippen molar-refractivity contribution in [1.82, 2.24) is 0 Å². The fraction of sp³-hybridized carbons (Fsp3) is 0.0714. The Morgan fingerprint density at radius 1 is 1.20 bits per heavy atom. The van der Waals surface area contributed by atoms with Gasteiger partial charge >= 0.3 is 0 Å². The number of ether oxygens (including phenoxy) is 1. The molecule has 0 atom stereocenters. The molecule has 0 saturated carbocycles. The smallest absolute Gasteiger partial charge is 0.145 e. The first-order chi connectivity index (χ1) is 9.51. The molecule has 0 aromatic heterocycles. The van der Waals surface area contributed by atoms with Crippen molar-refractivity contribution in [3.05, 3.63) is 53.6 Å². The molecule has 0 aliphatic rings. The van der Waals surface area contributed by atoms with Crippen molar-refractivity contribution in [2.45, 2.75) is 0 Å². The van der Waals surface area contributed by atoms with Gasteiger partial charge in [-0.1, -0.05) is 12.2 Å². The van der Waals surface area contributed by atoms with Crippen LogP contribution < -0.4 is 15.8 Å². The quantitative estimate of drug-likeness (QED) is 0.849. The Balaban J connectivity index is 2.31. The van der Waals surface area contributed by atoms with Gasteiger partial charge in [-0.25, -0.2) is 8.78 Å². The zero-order chi connectivity index (χ0) is 14.7. The fourth-order valence-electron chi connectivity index (χ4n) is 1.72. The summed E-state index contributed by atoms with van der Waals surface area (Å²) < 4.78 is 31.9. The molecule has 2 aromatic carbocycles. The van der Waals surface area contributed by atoms with E-state index in [0.717, 1.165) is 0 Å². The van der Waals surface area contributed by atoms with Gasteiger partial charge in [0.05, 0.1) is 12.8 Å². The maximum absolute atomic E-state index is 13.8. The lowest BCUT2D eigenvalue weighted by atomic mass is 10.2. The van der Waals surface area contributed by atoms with E-state index in [0.29, 0.717) is 17.1 Å². The summed E-state index contributed by atoms with van der Waals surface area (Å²) in [5.41, 5.74) is 6.57. The lowest BCUT2D eigenvalue weighted by Crippen LogP contribution is -2.11. The number of methoxy groups -OCH3 is 1. The van der Waals surface area contributed by atoms with Gasteiger partial charge in [0.15, 0.2) is 0 Å². The molecule has 3 N–H and O–H groups in total. The second-order valence-electron chi connectivity index (χ2n) is 4.03. The monoisotopic (exact) mass is 294 g/mol. The van der Waals surface area contributed by atoms with Crippen molar-refractivity contribution < 1.29 is 13.5 Å². The Labute approximate surface area is 120 Å². The Kier molecular flexibility index (Phi) is 4.14. The second-order valence-corrected chi connectivity index (χ2v) is 4.47. The van der Waals surface area contributed by atoms with E-state index in [1.165, 1.54) is 37.4 Å². The zero-order valence-corrected chi connectivity index (χ0v) is 11.4. The molecule has 2 aromatic rings. The summed E-state index contributed by atoms with van der Waals surface area (Å²) in [6, 6.07) is 8.40. The van der Waals surface area contributed by atoms with Gasteiger partial charge in [0.1, 0.15) is 22.4 Å². The van der Waals surface area contributed by atoms with E-state index in [1.807, 2.05) is 0 Å². The first kappa shape index (κ1) is 14.2. The number of nitrogens with one attached hydrogen (secondary N) is 1. The van der Waals surface area contributed by atoms with Crippen molar-refractivity contribution >= 4 is 28.6 Å². The number of hydrogen-bond acceptors (Lipinski definition) is 3. The average Bonchev–Trinajstić information content (AvgIpc) is 2.40. The van der Waals surface area contributed by atoms with E-state index >= 15 is 0 Å². The summed E-state index contributed by atoms with van der Waals surface area (Å²) >= 11 is 4.73. The van der Waals surface area contributed by atoms with E-state index in [-0.39, 0.29) is 10.6 Å². The molecular formula is C14H12F2N2OS. The Morgan fingerprint density at radius 3 is 2.55 bits per heavy atom. The molecule has 0 heterocycles. The van der Waals surface area contributed by atoms with Crippen molar-refractivity contribution in [1.29, 1.82) is 0 Å². The zero-order valence-electron chi connectivity index (χ0n) is 10.6. The maximum atomic E-state index is 13.8. The number of benzene rings is 2. The molecule has 6 heteroatoms. The summed E-state index contributed by atoms with van der Waals surface area (Å²) in [6.45, 7) is 0. The molecule has 104 valence electrons. The van der Waals surface area contributed by atoms with Crippen LogP contribution in [0.15, 0.2) is 36.4 Å². The van der Waals surface area contributed by atoms with Gasteiger partial charge in [-0.15, -0.1) is 0 Å². The SMILES string of the molecule is COc1cc(F)ccc1Nc1ccc(C(N)=S)c(F)c1. The topological polar surface area (TPSA) is 47.3 Å². The largest absolute Gasteiger partial charge is 0.494 e. The summed E-state index contributed by atoms with van der Waals surface area (Å²) in [7, 11) is 1.43. The molecule has 2 rings (SSSR count). The van der Waals surface area contributed by atoms with Gasteiger partial charge in [-0.05, 0) is 30.3 Å². The number of hydrogen-bond donors (Lipinski definition) is 2. The molecule has 0 aliphatic carbocycles. The van der Waals surface area contributed by atoms with Gasteiger partial charge in [-0.3, -0.25) is 0 Å². The highest BCUT2D eigenvalue weighted by Gasteiger charge is 2.08. The Hall–Kier alpha value is -2.21. The number of anilines is 2. The summed E-state index contributed by atoms with van der Waals surface area (Å²) in [6.07, 6.45) is 0. The molecule has 0 radical (unpaired) electrons. The van der Waals surface area contributed by atoms with Crippen LogP contribution in [0.25, 0.3) is 0 Å². The average molecular weight is 294 g/mol. The van der Waals surface area contributed by atoms with Crippen LogP contribution in [0.1, 0.15) is 5.56 Å². The van der Waals surface area contributed by atoms with Crippen molar-refractivity contribution in [3.8, 4) is 5.75 Å². The van der Waals surface area contributed by atoms with Gasteiger partial charge in [0, 0.05) is 17.3 Å². The van der Waals surface area contributed by atoms with Crippen molar-refractivity contribution in [2.24, 2.45) is 5.73 Å². The van der Waals surface area contributed by atoms with Crippen LogP contribution in [-0.4, -0.2) is 12.1 Å². The van der Waals surface area contributed by atoms with Crippen LogP contribution in [0.3, 0.4) is 0 Å². The maximum Gasteiger partial charge on any atom is 0.145 e. The standard InChI is InChI=1S/C14H12F2N2OS/c1-19-13-6-8(15)2-5-12(13)18-9-3-4-10(14(17)20)11(16)7-9/h2-7,18H,1H3,(H2,17,20). The number of rotatable bonds is 4.